The first-order chi connectivity index (χ1) is 8.95. The van der Waals surface area contributed by atoms with Gasteiger partial charge in [0.15, 0.2) is 0 Å². The highest BCUT2D eigenvalue weighted by Gasteiger charge is 2.18. The lowest BCUT2D eigenvalue weighted by Crippen LogP contribution is -2.19. The summed E-state index contributed by atoms with van der Waals surface area (Å²) in [6, 6.07) is 2.27. The molecule has 0 aliphatic rings. The Morgan fingerprint density at radius 3 is 2.79 bits per heavy atom. The first-order valence-electron chi connectivity index (χ1n) is 6.04. The summed E-state index contributed by atoms with van der Waals surface area (Å²) in [6.45, 7) is 2.21. The SMILES string of the molecule is CCCCC(O)CNc1cc(Cl)c(O)cc1[N+](=O)[O-]. The summed E-state index contributed by atoms with van der Waals surface area (Å²) in [5, 5.41) is 32.7. The van der Waals surface area contributed by atoms with E-state index in [1.807, 2.05) is 6.92 Å². The van der Waals surface area contributed by atoms with E-state index in [-0.39, 0.29) is 28.7 Å². The van der Waals surface area contributed by atoms with E-state index in [1.54, 1.807) is 0 Å². The van der Waals surface area contributed by atoms with Crippen LogP contribution in [0.15, 0.2) is 12.1 Å². The maximum absolute atomic E-state index is 10.9. The molecule has 106 valence electrons. The Kier molecular flexibility index (Phi) is 5.85. The number of nitro benzene ring substituents is 1. The third-order valence-electron chi connectivity index (χ3n) is 2.68. The molecule has 0 radical (unpaired) electrons. The number of hydrogen-bond donors (Lipinski definition) is 3. The molecule has 7 heteroatoms. The second kappa shape index (κ2) is 7.16. The Morgan fingerprint density at radius 1 is 1.53 bits per heavy atom. The van der Waals surface area contributed by atoms with Gasteiger partial charge in [0, 0.05) is 6.54 Å². The van der Waals surface area contributed by atoms with Crippen LogP contribution in [0.5, 0.6) is 5.75 Å². The predicted molar refractivity (Wildman–Crippen MR) is 73.8 cm³/mol. The maximum Gasteiger partial charge on any atom is 0.296 e. The first-order valence-corrected chi connectivity index (χ1v) is 6.42. The third kappa shape index (κ3) is 4.57. The molecule has 1 aromatic carbocycles. The topological polar surface area (TPSA) is 95.6 Å². The molecule has 0 fully saturated rings. The normalized spacial score (nSPS) is 12.2. The van der Waals surface area contributed by atoms with Gasteiger partial charge in [-0.3, -0.25) is 10.1 Å². The standard InChI is InChI=1S/C12H17ClN2O4/c1-2-3-4-8(16)7-14-10-5-9(13)12(17)6-11(10)15(18)19/h5-6,8,14,16-17H,2-4,7H2,1H3. The lowest BCUT2D eigenvalue weighted by molar-refractivity contribution is -0.384. The maximum atomic E-state index is 10.9. The molecule has 6 nitrogen and oxygen atoms in total. The number of aliphatic hydroxyl groups excluding tert-OH is 1. The van der Waals surface area contributed by atoms with E-state index in [4.69, 9.17) is 11.6 Å². The average molecular weight is 289 g/mol. The van der Waals surface area contributed by atoms with Crippen LogP contribution in [-0.4, -0.2) is 27.8 Å². The smallest absolute Gasteiger partial charge is 0.296 e. The van der Waals surface area contributed by atoms with E-state index in [1.165, 1.54) is 6.07 Å². The molecular weight excluding hydrogens is 272 g/mol. The van der Waals surface area contributed by atoms with Crippen LogP contribution >= 0.6 is 11.6 Å². The van der Waals surface area contributed by atoms with E-state index in [0.29, 0.717) is 6.42 Å². The molecule has 0 heterocycles. The van der Waals surface area contributed by atoms with E-state index in [9.17, 15) is 20.3 Å². The molecule has 3 N–H and O–H groups in total. The fourth-order valence-corrected chi connectivity index (χ4v) is 1.78. The number of unbranched alkanes of at least 4 members (excludes halogenated alkanes) is 1. The Morgan fingerprint density at radius 2 is 2.21 bits per heavy atom. The Labute approximate surface area is 116 Å². The van der Waals surface area contributed by atoms with E-state index in [2.05, 4.69) is 5.32 Å². The molecule has 1 aromatic rings. The van der Waals surface area contributed by atoms with Crippen molar-refractivity contribution in [2.75, 3.05) is 11.9 Å². The fourth-order valence-electron chi connectivity index (χ4n) is 1.61. The summed E-state index contributed by atoms with van der Waals surface area (Å²) < 4.78 is 0. The van der Waals surface area contributed by atoms with Gasteiger partial charge >= 0.3 is 0 Å². The van der Waals surface area contributed by atoms with E-state index in [0.717, 1.165) is 18.9 Å². The molecule has 0 saturated heterocycles. The van der Waals surface area contributed by atoms with Gasteiger partial charge in [0.2, 0.25) is 0 Å². The fraction of sp³-hybridized carbons (Fsp3) is 0.500. The number of rotatable bonds is 7. The number of aromatic hydroxyl groups is 1. The number of anilines is 1. The quantitative estimate of drug-likeness (QED) is 0.407. The third-order valence-corrected chi connectivity index (χ3v) is 2.98. The number of nitrogens with one attached hydrogen (secondary N) is 1. The van der Waals surface area contributed by atoms with Crippen molar-refractivity contribution < 1.29 is 15.1 Å². The number of nitro groups is 1. The molecule has 0 bridgehead atoms. The van der Waals surface area contributed by atoms with Crippen molar-refractivity contribution in [1.82, 2.24) is 0 Å². The minimum Gasteiger partial charge on any atom is -0.506 e. The summed E-state index contributed by atoms with van der Waals surface area (Å²) in [5.74, 6) is -0.342. The van der Waals surface area contributed by atoms with Crippen LogP contribution in [0.1, 0.15) is 26.2 Å². The van der Waals surface area contributed by atoms with Gasteiger partial charge in [-0.1, -0.05) is 31.4 Å². The Hall–Kier alpha value is -1.53. The van der Waals surface area contributed by atoms with Crippen molar-refractivity contribution in [1.29, 1.82) is 0 Å². The summed E-state index contributed by atoms with van der Waals surface area (Å²) in [6.07, 6.45) is 1.92. The van der Waals surface area contributed by atoms with Gasteiger partial charge in [-0.2, -0.15) is 0 Å². The van der Waals surface area contributed by atoms with Crippen LogP contribution < -0.4 is 5.32 Å². The lowest BCUT2D eigenvalue weighted by Gasteiger charge is -2.13. The summed E-state index contributed by atoms with van der Waals surface area (Å²) in [7, 11) is 0. The number of phenols is 1. The number of halogens is 1. The Bertz CT molecular complexity index is 454. The van der Waals surface area contributed by atoms with Crippen molar-refractivity contribution in [3.05, 3.63) is 27.3 Å². The van der Waals surface area contributed by atoms with Crippen LogP contribution in [-0.2, 0) is 0 Å². The van der Waals surface area contributed by atoms with Gasteiger partial charge in [-0.25, -0.2) is 0 Å². The molecule has 0 aliphatic carbocycles. The molecule has 0 amide bonds. The van der Waals surface area contributed by atoms with Crippen LogP contribution in [0, 0.1) is 10.1 Å². The van der Waals surface area contributed by atoms with E-state index < -0.39 is 11.0 Å². The first kappa shape index (κ1) is 15.5. The summed E-state index contributed by atoms with van der Waals surface area (Å²) in [5.41, 5.74) is -0.0899. The number of benzene rings is 1. The minimum atomic E-state index is -0.614. The average Bonchev–Trinajstić information content (AvgIpc) is 2.36. The number of nitrogens with zero attached hydrogens (tertiary/aromatic N) is 1. The number of phenolic OH excluding ortho intramolecular Hbond substituents is 1. The highest BCUT2D eigenvalue weighted by Crippen LogP contribution is 2.34. The highest BCUT2D eigenvalue weighted by molar-refractivity contribution is 6.32. The van der Waals surface area contributed by atoms with Gasteiger partial charge in [0.1, 0.15) is 11.4 Å². The molecule has 0 aromatic heterocycles. The van der Waals surface area contributed by atoms with Crippen molar-refractivity contribution in [2.45, 2.75) is 32.3 Å². The van der Waals surface area contributed by atoms with Gasteiger partial charge in [0.05, 0.1) is 22.1 Å². The predicted octanol–water partition coefficient (Wildman–Crippen LogP) is 2.92. The van der Waals surface area contributed by atoms with Gasteiger partial charge < -0.3 is 15.5 Å². The largest absolute Gasteiger partial charge is 0.506 e. The number of hydrogen-bond acceptors (Lipinski definition) is 5. The Balaban J connectivity index is 2.77. The second-order valence-electron chi connectivity index (χ2n) is 4.25. The monoisotopic (exact) mass is 288 g/mol. The zero-order chi connectivity index (χ0) is 14.4. The summed E-state index contributed by atoms with van der Waals surface area (Å²) in [4.78, 5) is 10.2. The van der Waals surface area contributed by atoms with E-state index >= 15 is 0 Å². The van der Waals surface area contributed by atoms with Crippen LogP contribution in [0.25, 0.3) is 0 Å². The molecule has 0 aliphatic heterocycles. The molecule has 1 unspecified atom stereocenters. The molecule has 19 heavy (non-hydrogen) atoms. The highest BCUT2D eigenvalue weighted by atomic mass is 35.5. The summed E-state index contributed by atoms with van der Waals surface area (Å²) >= 11 is 5.71. The molecule has 0 spiro atoms. The molecule has 1 atom stereocenters. The van der Waals surface area contributed by atoms with Crippen molar-refractivity contribution in [2.24, 2.45) is 0 Å². The second-order valence-corrected chi connectivity index (χ2v) is 4.66. The lowest BCUT2D eigenvalue weighted by atomic mass is 10.1. The van der Waals surface area contributed by atoms with Crippen LogP contribution in [0.3, 0.4) is 0 Å². The van der Waals surface area contributed by atoms with Gasteiger partial charge in [-0.15, -0.1) is 0 Å². The van der Waals surface area contributed by atoms with Crippen molar-refractivity contribution in [3.63, 3.8) is 0 Å². The van der Waals surface area contributed by atoms with Crippen molar-refractivity contribution >= 4 is 23.0 Å². The van der Waals surface area contributed by atoms with Crippen molar-refractivity contribution in [3.8, 4) is 5.75 Å². The van der Waals surface area contributed by atoms with Gasteiger partial charge in [0.25, 0.3) is 5.69 Å². The molecular formula is C12H17ClN2O4. The molecule has 0 saturated carbocycles. The van der Waals surface area contributed by atoms with Gasteiger partial charge in [-0.05, 0) is 12.5 Å². The minimum absolute atomic E-state index is 0.0242. The van der Waals surface area contributed by atoms with Crippen LogP contribution in [0.2, 0.25) is 5.02 Å². The zero-order valence-corrected chi connectivity index (χ0v) is 11.4. The van der Waals surface area contributed by atoms with Crippen LogP contribution in [0.4, 0.5) is 11.4 Å². The number of aliphatic hydroxyl groups is 1. The zero-order valence-electron chi connectivity index (χ0n) is 10.6. The molecule has 1 rings (SSSR count).